The highest BCUT2D eigenvalue weighted by Gasteiger charge is 2.30. The van der Waals surface area contributed by atoms with Crippen LogP contribution < -0.4 is 5.32 Å². The number of aromatic nitrogens is 1. The summed E-state index contributed by atoms with van der Waals surface area (Å²) in [5.74, 6) is 0.0488. The normalized spacial score (nSPS) is 17.3. The second-order valence-electron chi connectivity index (χ2n) is 9.30. The molecule has 0 saturated heterocycles. The van der Waals surface area contributed by atoms with Crippen LogP contribution in [0.15, 0.2) is 85.1 Å². The first kappa shape index (κ1) is 23.5. The van der Waals surface area contributed by atoms with Crippen LogP contribution in [-0.4, -0.2) is 22.0 Å². The Morgan fingerprint density at radius 3 is 2.47 bits per heavy atom. The van der Waals surface area contributed by atoms with Gasteiger partial charge in [0.15, 0.2) is 0 Å². The van der Waals surface area contributed by atoms with E-state index in [9.17, 15) is 9.18 Å². The van der Waals surface area contributed by atoms with Gasteiger partial charge < -0.3 is 10.2 Å². The molecule has 1 fully saturated rings. The van der Waals surface area contributed by atoms with Gasteiger partial charge in [-0.1, -0.05) is 30.3 Å². The number of urea groups is 1. The van der Waals surface area contributed by atoms with Gasteiger partial charge in [0.2, 0.25) is 0 Å². The molecule has 1 N–H and O–H groups in total. The van der Waals surface area contributed by atoms with Gasteiger partial charge in [0.25, 0.3) is 0 Å². The van der Waals surface area contributed by atoms with Gasteiger partial charge in [0, 0.05) is 29.9 Å². The van der Waals surface area contributed by atoms with Crippen LogP contribution in [0.4, 0.5) is 14.9 Å². The van der Waals surface area contributed by atoms with Crippen LogP contribution in [0.2, 0.25) is 0 Å². The topological polar surface area (TPSA) is 69.0 Å². The Balaban J connectivity index is 1.34. The largest absolute Gasteiger partial charge is 0.322 e. The van der Waals surface area contributed by atoms with Crippen LogP contribution in [0.3, 0.4) is 0 Å². The highest BCUT2D eigenvalue weighted by atomic mass is 19.1. The Hall–Kier alpha value is -4.24. The number of nitriles is 1. The molecule has 0 radical (unpaired) electrons. The second-order valence-corrected chi connectivity index (χ2v) is 9.30. The lowest BCUT2D eigenvalue weighted by Crippen LogP contribution is -2.44. The van der Waals surface area contributed by atoms with Crippen molar-refractivity contribution in [3.8, 4) is 6.07 Å². The number of anilines is 1. The molecule has 180 valence electrons. The molecular weight excluding hydrogens is 451 g/mol. The summed E-state index contributed by atoms with van der Waals surface area (Å²) >= 11 is 0. The van der Waals surface area contributed by atoms with E-state index >= 15 is 0 Å². The number of hydrogen-bond donors (Lipinski definition) is 1. The first-order chi connectivity index (χ1) is 17.6. The summed E-state index contributed by atoms with van der Waals surface area (Å²) in [6, 6.07) is 25.7. The lowest BCUT2D eigenvalue weighted by atomic mass is 9.80. The van der Waals surface area contributed by atoms with Crippen LogP contribution in [0.1, 0.15) is 48.3 Å². The third-order valence-corrected chi connectivity index (χ3v) is 7.04. The number of pyridine rings is 1. The summed E-state index contributed by atoms with van der Waals surface area (Å²) in [5.41, 5.74) is 4.23. The molecule has 0 aliphatic heterocycles. The van der Waals surface area contributed by atoms with E-state index in [4.69, 9.17) is 5.26 Å². The molecule has 0 spiro atoms. The van der Waals surface area contributed by atoms with E-state index in [2.05, 4.69) is 16.4 Å². The number of nitrogens with one attached hydrogen (secondary N) is 1. The lowest BCUT2D eigenvalue weighted by Gasteiger charge is -2.37. The summed E-state index contributed by atoms with van der Waals surface area (Å²) in [4.78, 5) is 19.8. The SMILES string of the molecule is N#Cc1ccc(NC(=O)N(Cc2ccccc2)[C@H]2CC[C@H](c3ccnc4ccc(F)cc43)CC2)cc1. The van der Waals surface area contributed by atoms with Crippen molar-refractivity contribution in [3.05, 3.63) is 108 Å². The molecule has 6 heteroatoms. The Morgan fingerprint density at radius 1 is 1.00 bits per heavy atom. The fraction of sp³-hybridized carbons (Fsp3) is 0.233. The van der Waals surface area contributed by atoms with Crippen molar-refractivity contribution in [3.63, 3.8) is 0 Å². The van der Waals surface area contributed by atoms with Crippen molar-refractivity contribution in [2.24, 2.45) is 0 Å². The van der Waals surface area contributed by atoms with Gasteiger partial charge in [-0.25, -0.2) is 9.18 Å². The maximum atomic E-state index is 14.0. The standard InChI is InChI=1S/C30H27FN4O/c31-24-10-15-29-28(18-24)27(16-17-33-29)23-8-13-26(14-9-23)35(20-22-4-2-1-3-5-22)30(36)34-25-11-6-21(19-32)7-12-25/h1-7,10-12,15-18,23,26H,8-9,13-14,20H2,(H,34,36)/t23-,26-. The van der Waals surface area contributed by atoms with Crippen molar-refractivity contribution in [2.45, 2.75) is 44.2 Å². The van der Waals surface area contributed by atoms with Gasteiger partial charge in [0.1, 0.15) is 5.82 Å². The van der Waals surface area contributed by atoms with Crippen molar-refractivity contribution >= 4 is 22.6 Å². The van der Waals surface area contributed by atoms with Gasteiger partial charge in [-0.15, -0.1) is 0 Å². The van der Waals surface area contributed by atoms with E-state index in [0.717, 1.165) is 47.7 Å². The average Bonchev–Trinajstić information content (AvgIpc) is 2.92. The molecule has 1 aliphatic carbocycles. The molecule has 36 heavy (non-hydrogen) atoms. The minimum Gasteiger partial charge on any atom is -0.317 e. The molecule has 1 heterocycles. The number of carbonyl (C=O) groups is 1. The molecule has 3 aromatic carbocycles. The number of carbonyl (C=O) groups excluding carboxylic acids is 1. The molecule has 1 aliphatic rings. The molecule has 0 bridgehead atoms. The molecule has 0 unspecified atom stereocenters. The first-order valence-electron chi connectivity index (χ1n) is 12.3. The van der Waals surface area contributed by atoms with Gasteiger partial charge in [-0.2, -0.15) is 5.26 Å². The number of amides is 2. The molecule has 0 atom stereocenters. The quantitative estimate of drug-likeness (QED) is 0.336. The summed E-state index contributed by atoms with van der Waals surface area (Å²) in [5, 5.41) is 12.9. The van der Waals surface area contributed by atoms with Crippen LogP contribution in [0, 0.1) is 17.1 Å². The minimum absolute atomic E-state index is 0.0877. The zero-order valence-electron chi connectivity index (χ0n) is 19.9. The van der Waals surface area contributed by atoms with Gasteiger partial charge >= 0.3 is 6.03 Å². The van der Waals surface area contributed by atoms with E-state index in [0.29, 0.717) is 23.7 Å². The number of rotatable bonds is 5. The Labute approximate surface area is 210 Å². The zero-order chi connectivity index (χ0) is 24.9. The first-order valence-corrected chi connectivity index (χ1v) is 12.3. The summed E-state index contributed by atoms with van der Waals surface area (Å²) in [7, 11) is 0. The van der Waals surface area contributed by atoms with Crippen LogP contribution in [-0.2, 0) is 6.54 Å². The molecule has 2 amide bonds. The number of benzene rings is 3. The van der Waals surface area contributed by atoms with Crippen LogP contribution in [0.5, 0.6) is 0 Å². The Morgan fingerprint density at radius 2 is 1.75 bits per heavy atom. The van der Waals surface area contributed by atoms with Crippen molar-refractivity contribution in [2.75, 3.05) is 5.32 Å². The molecule has 5 nitrogen and oxygen atoms in total. The lowest BCUT2D eigenvalue weighted by molar-refractivity contribution is 0.158. The molecule has 1 saturated carbocycles. The number of halogens is 1. The Bertz CT molecular complexity index is 1390. The maximum absolute atomic E-state index is 14.0. The predicted octanol–water partition coefficient (Wildman–Crippen LogP) is 7.01. The predicted molar refractivity (Wildman–Crippen MR) is 139 cm³/mol. The highest BCUT2D eigenvalue weighted by molar-refractivity contribution is 5.89. The summed E-state index contributed by atoms with van der Waals surface area (Å²) < 4.78 is 14.0. The molecule has 4 aromatic rings. The van der Waals surface area contributed by atoms with Crippen LogP contribution in [0.25, 0.3) is 10.9 Å². The fourth-order valence-corrected chi connectivity index (χ4v) is 5.16. The number of fused-ring (bicyclic) bond motifs is 1. The molecule has 1 aromatic heterocycles. The monoisotopic (exact) mass is 478 g/mol. The van der Waals surface area contributed by atoms with Crippen molar-refractivity contribution in [1.29, 1.82) is 5.26 Å². The van der Waals surface area contributed by atoms with E-state index in [1.165, 1.54) is 6.07 Å². The summed E-state index contributed by atoms with van der Waals surface area (Å²) in [6.07, 6.45) is 5.34. The highest BCUT2D eigenvalue weighted by Crippen LogP contribution is 2.38. The maximum Gasteiger partial charge on any atom is 0.322 e. The average molecular weight is 479 g/mol. The minimum atomic E-state index is -0.251. The van der Waals surface area contributed by atoms with E-state index in [1.807, 2.05) is 41.3 Å². The van der Waals surface area contributed by atoms with Crippen LogP contribution >= 0.6 is 0 Å². The van der Waals surface area contributed by atoms with E-state index < -0.39 is 0 Å². The number of nitrogens with zero attached hydrogens (tertiary/aromatic N) is 3. The number of hydrogen-bond acceptors (Lipinski definition) is 3. The van der Waals surface area contributed by atoms with Gasteiger partial charge in [-0.3, -0.25) is 4.98 Å². The fourth-order valence-electron chi connectivity index (χ4n) is 5.16. The third kappa shape index (κ3) is 5.21. The Kier molecular flexibility index (Phi) is 6.90. The van der Waals surface area contributed by atoms with Gasteiger partial charge in [0.05, 0.1) is 17.1 Å². The third-order valence-electron chi connectivity index (χ3n) is 7.04. The smallest absolute Gasteiger partial charge is 0.317 e. The van der Waals surface area contributed by atoms with Crippen molar-refractivity contribution in [1.82, 2.24) is 9.88 Å². The molecule has 5 rings (SSSR count). The van der Waals surface area contributed by atoms with E-state index in [1.54, 1.807) is 42.6 Å². The van der Waals surface area contributed by atoms with E-state index in [-0.39, 0.29) is 17.9 Å². The van der Waals surface area contributed by atoms with Gasteiger partial charge in [-0.05, 0) is 91.3 Å². The zero-order valence-corrected chi connectivity index (χ0v) is 19.9. The second kappa shape index (κ2) is 10.6. The molecular formula is C30H27FN4O. The van der Waals surface area contributed by atoms with Crippen molar-refractivity contribution < 1.29 is 9.18 Å². The summed E-state index contributed by atoms with van der Waals surface area (Å²) in [6.45, 7) is 0.516.